The van der Waals surface area contributed by atoms with Gasteiger partial charge in [0, 0.05) is 24.5 Å². The van der Waals surface area contributed by atoms with Crippen LogP contribution < -0.4 is 9.80 Å². The molecule has 2 saturated heterocycles. The molecule has 3 aromatic rings. The second kappa shape index (κ2) is 11.0. The normalized spacial score (nSPS) is 30.6. The van der Waals surface area contributed by atoms with Crippen molar-refractivity contribution in [1.82, 2.24) is 4.90 Å². The molecule has 3 amide bonds. The van der Waals surface area contributed by atoms with E-state index in [-0.39, 0.29) is 36.8 Å². The van der Waals surface area contributed by atoms with Crippen molar-refractivity contribution in [3.05, 3.63) is 97.1 Å². The third-order valence-corrected chi connectivity index (χ3v) is 10.5. The molecule has 1 N–H and O–H groups in total. The summed E-state index contributed by atoms with van der Waals surface area (Å²) in [7, 11) is 0. The van der Waals surface area contributed by atoms with E-state index in [4.69, 9.17) is 4.74 Å². The molecule has 45 heavy (non-hydrogen) atoms. The van der Waals surface area contributed by atoms with Crippen LogP contribution in [0, 0.1) is 17.8 Å². The fourth-order valence-corrected chi connectivity index (χ4v) is 8.05. The van der Waals surface area contributed by atoms with Gasteiger partial charge in [-0.3, -0.25) is 14.4 Å². The van der Waals surface area contributed by atoms with Gasteiger partial charge >= 0.3 is 0 Å². The van der Waals surface area contributed by atoms with Crippen LogP contribution in [-0.2, 0) is 19.1 Å². The summed E-state index contributed by atoms with van der Waals surface area (Å²) in [4.78, 5) is 49.4. The van der Waals surface area contributed by atoms with Crippen molar-refractivity contribution in [2.45, 2.75) is 50.5 Å². The van der Waals surface area contributed by atoms with Crippen LogP contribution in [0.3, 0.4) is 0 Å². The van der Waals surface area contributed by atoms with E-state index >= 15 is 0 Å². The number of hydrogen-bond donors (Lipinski definition) is 1. The maximum atomic E-state index is 15.0. The van der Waals surface area contributed by atoms with Crippen LogP contribution in [-0.4, -0.2) is 70.7 Å². The van der Waals surface area contributed by atoms with Crippen LogP contribution in [0.15, 0.2) is 97.1 Å². The molecule has 7 atom stereocenters. The molecule has 0 aliphatic carbocycles. The number of aliphatic hydroxyl groups excluding tert-OH is 1. The number of fused-ring (bicyclic) bond motifs is 3. The second-order valence-corrected chi connectivity index (χ2v) is 12.9. The Morgan fingerprint density at radius 1 is 0.822 bits per heavy atom. The van der Waals surface area contributed by atoms with E-state index < -0.39 is 35.1 Å². The standard InChI is InChI=1S/C37H39N3O5/c1-4-24(2)29(23-41)40-32-35(44)39(28-17-16-25-12-8-9-13-26(25)22-28)21-11-19-37(32)31(34(40)43)30-33(42)38(27-14-6-5-7-15-27)20-10-18-36(30,3)45-37/h5-19,22,24,29-32,41H,4,20-21,23H2,1-3H3/t24-,29-,30-,31-,32?,36+,37-/m0/s1. The van der Waals surface area contributed by atoms with E-state index in [0.717, 1.165) is 16.5 Å². The molecular formula is C37H39N3O5. The lowest BCUT2D eigenvalue weighted by Crippen LogP contribution is -2.60. The zero-order chi connectivity index (χ0) is 31.5. The molecule has 0 aromatic heterocycles. The predicted molar refractivity (Wildman–Crippen MR) is 174 cm³/mol. The first-order chi connectivity index (χ1) is 21.7. The molecular weight excluding hydrogens is 566 g/mol. The van der Waals surface area contributed by atoms with Crippen molar-refractivity contribution in [3.8, 4) is 0 Å². The third kappa shape index (κ3) is 4.37. The van der Waals surface area contributed by atoms with Crippen molar-refractivity contribution in [2.24, 2.45) is 17.8 Å². The van der Waals surface area contributed by atoms with Crippen molar-refractivity contribution < 1.29 is 24.2 Å². The van der Waals surface area contributed by atoms with Gasteiger partial charge in [0.1, 0.15) is 11.6 Å². The van der Waals surface area contributed by atoms with Crippen molar-refractivity contribution in [1.29, 1.82) is 0 Å². The highest BCUT2D eigenvalue weighted by Crippen LogP contribution is 2.58. The molecule has 4 aliphatic rings. The summed E-state index contributed by atoms with van der Waals surface area (Å²) in [5.74, 6) is -2.76. The molecule has 4 heterocycles. The summed E-state index contributed by atoms with van der Waals surface area (Å²) >= 11 is 0. The van der Waals surface area contributed by atoms with E-state index in [9.17, 15) is 19.5 Å². The summed E-state index contributed by atoms with van der Waals surface area (Å²) < 4.78 is 7.00. The topological polar surface area (TPSA) is 90.4 Å². The van der Waals surface area contributed by atoms with Crippen LogP contribution in [0.1, 0.15) is 27.2 Å². The largest absolute Gasteiger partial charge is 0.394 e. The lowest BCUT2D eigenvalue weighted by atomic mass is 9.74. The number of amides is 3. The Kier molecular flexibility index (Phi) is 7.17. The fraction of sp³-hybridized carbons (Fsp3) is 0.378. The molecule has 1 unspecified atom stereocenters. The number of nitrogens with zero attached hydrogens (tertiary/aromatic N) is 3. The molecule has 0 radical (unpaired) electrons. The molecule has 7 rings (SSSR count). The van der Waals surface area contributed by atoms with E-state index in [1.165, 1.54) is 0 Å². The van der Waals surface area contributed by atoms with Crippen LogP contribution in [0.4, 0.5) is 11.4 Å². The summed E-state index contributed by atoms with van der Waals surface area (Å²) in [6.07, 6.45) is 8.26. The summed E-state index contributed by atoms with van der Waals surface area (Å²) in [6, 6.07) is 21.6. The van der Waals surface area contributed by atoms with E-state index in [0.29, 0.717) is 18.7 Å². The number of ether oxygens (including phenoxy) is 1. The Morgan fingerprint density at radius 2 is 1.49 bits per heavy atom. The number of benzene rings is 3. The number of aliphatic hydroxyl groups is 1. The Bertz CT molecular complexity index is 1720. The van der Waals surface area contributed by atoms with Gasteiger partial charge in [-0.05, 0) is 47.9 Å². The Balaban J connectivity index is 1.38. The van der Waals surface area contributed by atoms with E-state index in [1.54, 1.807) is 14.7 Å². The monoisotopic (exact) mass is 605 g/mol. The minimum atomic E-state index is -1.40. The van der Waals surface area contributed by atoms with Crippen molar-refractivity contribution in [2.75, 3.05) is 29.5 Å². The average Bonchev–Trinajstić information content (AvgIpc) is 3.32. The van der Waals surface area contributed by atoms with Crippen molar-refractivity contribution in [3.63, 3.8) is 0 Å². The zero-order valence-corrected chi connectivity index (χ0v) is 25.9. The number of likely N-dealkylation sites (tertiary alicyclic amines) is 1. The molecule has 8 heteroatoms. The zero-order valence-electron chi connectivity index (χ0n) is 25.9. The maximum Gasteiger partial charge on any atom is 0.253 e. The lowest BCUT2D eigenvalue weighted by Gasteiger charge is -2.41. The third-order valence-electron chi connectivity index (χ3n) is 10.5. The van der Waals surface area contributed by atoms with Gasteiger partial charge in [0.05, 0.1) is 30.1 Å². The summed E-state index contributed by atoms with van der Waals surface area (Å²) in [5, 5.41) is 12.8. The number of anilines is 2. The van der Waals surface area contributed by atoms with Crippen LogP contribution in [0.2, 0.25) is 0 Å². The Labute approximate surface area is 263 Å². The van der Waals surface area contributed by atoms with E-state index in [1.807, 2.05) is 118 Å². The number of carbonyl (C=O) groups is 3. The molecule has 232 valence electrons. The molecule has 2 fully saturated rings. The van der Waals surface area contributed by atoms with Gasteiger partial charge in [-0.1, -0.05) is 93.1 Å². The summed E-state index contributed by atoms with van der Waals surface area (Å²) in [6.45, 7) is 6.15. The number of para-hydroxylation sites is 1. The number of hydrogen-bond acceptors (Lipinski definition) is 5. The first kappa shape index (κ1) is 29.4. The quantitative estimate of drug-likeness (QED) is 0.411. The second-order valence-electron chi connectivity index (χ2n) is 12.9. The lowest BCUT2D eigenvalue weighted by molar-refractivity contribution is -0.149. The van der Waals surface area contributed by atoms with Gasteiger partial charge in [0.25, 0.3) is 5.91 Å². The Morgan fingerprint density at radius 3 is 2.20 bits per heavy atom. The first-order valence-electron chi connectivity index (χ1n) is 15.9. The molecule has 0 bridgehead atoms. The minimum Gasteiger partial charge on any atom is -0.394 e. The summed E-state index contributed by atoms with van der Waals surface area (Å²) in [5.41, 5.74) is -1.08. The van der Waals surface area contributed by atoms with Crippen LogP contribution in [0.5, 0.6) is 0 Å². The minimum absolute atomic E-state index is 0.0964. The number of carbonyl (C=O) groups excluding carboxylic acids is 3. The SMILES string of the molecule is CC[C@H](C)[C@H](CO)N1C(=O)[C@@H]2[C@H]3C(=O)N(c4ccccc4)CC=C[C@@]3(C)O[C@@]23C=CCN(c2ccc4ccccc4c2)C(=O)C13. The molecule has 0 saturated carbocycles. The first-order valence-corrected chi connectivity index (χ1v) is 15.9. The average molecular weight is 606 g/mol. The van der Waals surface area contributed by atoms with Gasteiger partial charge in [0.15, 0.2) is 0 Å². The smallest absolute Gasteiger partial charge is 0.253 e. The predicted octanol–water partition coefficient (Wildman–Crippen LogP) is 4.72. The van der Waals surface area contributed by atoms with Crippen LogP contribution >= 0.6 is 0 Å². The number of rotatable bonds is 6. The molecule has 8 nitrogen and oxygen atoms in total. The van der Waals surface area contributed by atoms with Crippen LogP contribution in [0.25, 0.3) is 10.8 Å². The van der Waals surface area contributed by atoms with Gasteiger partial charge in [-0.25, -0.2) is 0 Å². The van der Waals surface area contributed by atoms with Crippen molar-refractivity contribution >= 4 is 39.9 Å². The van der Waals surface area contributed by atoms with Gasteiger partial charge < -0.3 is 24.5 Å². The van der Waals surface area contributed by atoms with E-state index in [2.05, 4.69) is 0 Å². The Hall–Kier alpha value is -4.27. The highest BCUT2D eigenvalue weighted by atomic mass is 16.5. The highest BCUT2D eigenvalue weighted by Gasteiger charge is 2.75. The molecule has 4 aliphatic heterocycles. The van der Waals surface area contributed by atoms with Gasteiger partial charge in [-0.2, -0.15) is 0 Å². The van der Waals surface area contributed by atoms with Gasteiger partial charge in [-0.15, -0.1) is 0 Å². The van der Waals surface area contributed by atoms with Gasteiger partial charge in [0.2, 0.25) is 11.8 Å². The molecule has 3 aromatic carbocycles. The fourth-order valence-electron chi connectivity index (χ4n) is 8.05. The maximum absolute atomic E-state index is 15.0. The molecule has 1 spiro atoms. The highest BCUT2D eigenvalue weighted by molar-refractivity contribution is 6.08.